The van der Waals surface area contributed by atoms with Gasteiger partial charge in [0.15, 0.2) is 0 Å². The highest BCUT2D eigenvalue weighted by atomic mass is 35.5. The van der Waals surface area contributed by atoms with Crippen molar-refractivity contribution in [2.24, 2.45) is 0 Å². The Morgan fingerprint density at radius 2 is 1.69 bits per heavy atom. The molecule has 5 heteroatoms. The van der Waals surface area contributed by atoms with E-state index in [9.17, 15) is 5.11 Å². The third kappa shape index (κ3) is 2.90. The molecule has 2 nitrogen and oxygen atoms in total. The first kappa shape index (κ1) is 12.8. The molecule has 3 N–H and O–H groups in total. The van der Waals surface area contributed by atoms with Gasteiger partial charge < -0.3 is 10.8 Å². The number of halogens is 1. The van der Waals surface area contributed by atoms with E-state index in [0.717, 1.165) is 9.79 Å². The summed E-state index contributed by atoms with van der Waals surface area (Å²) in [6.45, 7) is 0. The predicted molar refractivity (Wildman–Crippen MR) is 63.3 cm³/mol. The normalized spacial score (nSPS) is 9.38. The quantitative estimate of drug-likeness (QED) is 0.614. The van der Waals surface area contributed by atoms with Crippen molar-refractivity contribution in [1.29, 1.82) is 0 Å². The first-order valence-electron chi connectivity index (χ1n) is 3.39. The van der Waals surface area contributed by atoms with Crippen molar-refractivity contribution in [3.8, 4) is 5.75 Å². The van der Waals surface area contributed by atoms with Crippen LogP contribution in [0, 0.1) is 0 Å². The van der Waals surface area contributed by atoms with Gasteiger partial charge in [-0.05, 0) is 18.6 Å². The van der Waals surface area contributed by atoms with Crippen LogP contribution in [0.3, 0.4) is 0 Å². The van der Waals surface area contributed by atoms with Crippen molar-refractivity contribution >= 4 is 41.6 Å². The molecule has 1 rings (SSSR count). The Kier molecular flexibility index (Phi) is 5.44. The molecule has 13 heavy (non-hydrogen) atoms. The molecule has 0 heterocycles. The summed E-state index contributed by atoms with van der Waals surface area (Å²) in [6, 6.07) is 3.50. The number of hydrogen-bond acceptors (Lipinski definition) is 4. The lowest BCUT2D eigenvalue weighted by atomic mass is 10.3. The number of rotatable bonds is 2. The molecule has 0 aromatic heterocycles. The fraction of sp³-hybridized carbons (Fsp3) is 0.250. The predicted octanol–water partition coefficient (Wildman–Crippen LogP) is 2.84. The number of phenolic OH excluding ortho intramolecular Hbond substituents is 1. The van der Waals surface area contributed by atoms with E-state index >= 15 is 0 Å². The van der Waals surface area contributed by atoms with Gasteiger partial charge in [-0.25, -0.2) is 0 Å². The van der Waals surface area contributed by atoms with Crippen LogP contribution in [-0.2, 0) is 0 Å². The molecule has 1 aromatic rings. The molecule has 1 aromatic carbocycles. The van der Waals surface area contributed by atoms with Crippen LogP contribution in [0.5, 0.6) is 5.75 Å². The van der Waals surface area contributed by atoms with Gasteiger partial charge in [-0.3, -0.25) is 0 Å². The molecule has 0 aliphatic heterocycles. The smallest absolute Gasteiger partial charge is 0.131 e. The molecule has 0 amide bonds. The standard InChI is InChI=1S/C8H11NOS2.ClH/c1-11-7-4-8(12-2)6(10)3-5(7)9;/h3-4,10H,9H2,1-2H3;1H. The van der Waals surface area contributed by atoms with Crippen LogP contribution < -0.4 is 5.73 Å². The van der Waals surface area contributed by atoms with Crippen molar-refractivity contribution in [3.63, 3.8) is 0 Å². The number of nitrogen functional groups attached to an aromatic ring is 1. The van der Waals surface area contributed by atoms with Crippen LogP contribution in [0.25, 0.3) is 0 Å². The van der Waals surface area contributed by atoms with Gasteiger partial charge in [-0.2, -0.15) is 0 Å². The number of aromatic hydroxyl groups is 1. The molecule has 0 radical (unpaired) electrons. The number of benzene rings is 1. The van der Waals surface area contributed by atoms with E-state index in [1.54, 1.807) is 17.8 Å². The summed E-state index contributed by atoms with van der Waals surface area (Å²) in [5, 5.41) is 9.40. The Morgan fingerprint density at radius 3 is 2.15 bits per heavy atom. The summed E-state index contributed by atoms with van der Waals surface area (Å²) in [6.07, 6.45) is 3.89. The van der Waals surface area contributed by atoms with E-state index in [1.165, 1.54) is 11.8 Å². The average molecular weight is 238 g/mol. The second-order valence-corrected chi connectivity index (χ2v) is 3.96. The van der Waals surface area contributed by atoms with E-state index in [0.29, 0.717) is 5.69 Å². The lowest BCUT2D eigenvalue weighted by Crippen LogP contribution is -1.88. The molecule has 0 bridgehead atoms. The maximum absolute atomic E-state index is 9.40. The monoisotopic (exact) mass is 237 g/mol. The zero-order chi connectivity index (χ0) is 9.14. The summed E-state index contributed by atoms with van der Waals surface area (Å²) < 4.78 is 0. The zero-order valence-electron chi connectivity index (χ0n) is 7.40. The molecular weight excluding hydrogens is 226 g/mol. The van der Waals surface area contributed by atoms with Gasteiger partial charge in [0.25, 0.3) is 0 Å². The minimum atomic E-state index is 0. The largest absolute Gasteiger partial charge is 0.507 e. The third-order valence-electron chi connectivity index (χ3n) is 1.53. The molecule has 0 saturated carbocycles. The number of phenols is 1. The van der Waals surface area contributed by atoms with E-state index in [-0.39, 0.29) is 18.2 Å². The number of thioether (sulfide) groups is 2. The molecule has 74 valence electrons. The van der Waals surface area contributed by atoms with Crippen molar-refractivity contribution in [2.45, 2.75) is 9.79 Å². The topological polar surface area (TPSA) is 46.2 Å². The number of hydrogen-bond donors (Lipinski definition) is 2. The summed E-state index contributed by atoms with van der Waals surface area (Å²) in [7, 11) is 0. The van der Waals surface area contributed by atoms with Gasteiger partial charge in [-0.1, -0.05) is 0 Å². The third-order valence-corrected chi connectivity index (χ3v) is 3.09. The maximum atomic E-state index is 9.40. The number of anilines is 1. The fourth-order valence-corrected chi connectivity index (χ4v) is 2.01. The lowest BCUT2D eigenvalue weighted by molar-refractivity contribution is 0.462. The van der Waals surface area contributed by atoms with Gasteiger partial charge in [0.05, 0.1) is 4.90 Å². The molecule has 0 spiro atoms. The minimum Gasteiger partial charge on any atom is -0.507 e. The van der Waals surface area contributed by atoms with Crippen molar-refractivity contribution in [1.82, 2.24) is 0 Å². The Labute approximate surface area is 92.7 Å². The van der Waals surface area contributed by atoms with Crippen LogP contribution in [-0.4, -0.2) is 17.6 Å². The second-order valence-electron chi connectivity index (χ2n) is 2.27. The fourth-order valence-electron chi connectivity index (χ4n) is 0.906. The highest BCUT2D eigenvalue weighted by Crippen LogP contribution is 2.34. The Bertz CT molecular complexity index is 268. The van der Waals surface area contributed by atoms with E-state index < -0.39 is 0 Å². The van der Waals surface area contributed by atoms with E-state index in [1.807, 2.05) is 18.6 Å². The van der Waals surface area contributed by atoms with Crippen LogP contribution in [0.4, 0.5) is 5.69 Å². The highest BCUT2D eigenvalue weighted by molar-refractivity contribution is 7.99. The van der Waals surface area contributed by atoms with Gasteiger partial charge in [0.1, 0.15) is 5.75 Å². The minimum absolute atomic E-state index is 0. The number of nitrogens with two attached hydrogens (primary N) is 1. The summed E-state index contributed by atoms with van der Waals surface area (Å²) in [4.78, 5) is 1.88. The summed E-state index contributed by atoms with van der Waals surface area (Å²) in [5.74, 6) is 0.262. The Hall–Kier alpha value is -0.190. The zero-order valence-corrected chi connectivity index (χ0v) is 9.85. The lowest BCUT2D eigenvalue weighted by Gasteiger charge is -2.06. The molecular formula is C8H12ClNOS2. The van der Waals surface area contributed by atoms with Crippen LogP contribution >= 0.6 is 35.9 Å². The molecule has 0 aliphatic carbocycles. The van der Waals surface area contributed by atoms with E-state index in [4.69, 9.17) is 5.73 Å². The molecule has 0 unspecified atom stereocenters. The summed E-state index contributed by atoms with van der Waals surface area (Å²) >= 11 is 3.10. The van der Waals surface area contributed by atoms with Crippen LogP contribution in [0.15, 0.2) is 21.9 Å². The van der Waals surface area contributed by atoms with Gasteiger partial charge >= 0.3 is 0 Å². The van der Waals surface area contributed by atoms with Crippen LogP contribution in [0.1, 0.15) is 0 Å². The molecule has 0 atom stereocenters. The van der Waals surface area contributed by atoms with Crippen molar-refractivity contribution in [3.05, 3.63) is 12.1 Å². The first-order valence-corrected chi connectivity index (χ1v) is 5.84. The Morgan fingerprint density at radius 1 is 1.15 bits per heavy atom. The Balaban J connectivity index is 0.00000144. The van der Waals surface area contributed by atoms with Crippen LogP contribution in [0.2, 0.25) is 0 Å². The molecule has 0 saturated heterocycles. The SMILES string of the molecule is CSc1cc(SC)c(O)cc1N.Cl. The van der Waals surface area contributed by atoms with Gasteiger partial charge in [0.2, 0.25) is 0 Å². The maximum Gasteiger partial charge on any atom is 0.131 e. The van der Waals surface area contributed by atoms with Gasteiger partial charge in [0, 0.05) is 16.6 Å². The highest BCUT2D eigenvalue weighted by Gasteiger charge is 2.04. The van der Waals surface area contributed by atoms with Crippen molar-refractivity contribution in [2.75, 3.05) is 18.2 Å². The second kappa shape index (κ2) is 5.52. The summed E-state index contributed by atoms with van der Waals surface area (Å²) in [5.41, 5.74) is 6.30. The molecule has 0 aliphatic rings. The first-order chi connectivity index (χ1) is 5.69. The average Bonchev–Trinajstić information content (AvgIpc) is 2.05. The van der Waals surface area contributed by atoms with E-state index in [2.05, 4.69) is 0 Å². The van der Waals surface area contributed by atoms with Crippen molar-refractivity contribution < 1.29 is 5.11 Å². The van der Waals surface area contributed by atoms with Gasteiger partial charge in [-0.15, -0.1) is 35.9 Å². The molecule has 0 fully saturated rings.